The van der Waals surface area contributed by atoms with Crippen LogP contribution in [-0.4, -0.2) is 11.5 Å². The van der Waals surface area contributed by atoms with E-state index in [0.717, 1.165) is 12.0 Å². The molecule has 0 bridgehead atoms. The Morgan fingerprint density at radius 2 is 1.58 bits per heavy atom. The predicted octanol–water partition coefficient (Wildman–Crippen LogP) is 4.36. The second-order valence-corrected chi connectivity index (χ2v) is 4.60. The highest BCUT2D eigenvalue weighted by molar-refractivity contribution is 7.81. The monoisotopic (exact) mass is 272 g/mol. The topological polar surface area (TPSA) is 17.1 Å². The van der Waals surface area contributed by atoms with E-state index in [-0.39, 0.29) is 11.5 Å². The zero-order chi connectivity index (χ0) is 14.1. The van der Waals surface area contributed by atoms with Crippen molar-refractivity contribution in [2.75, 3.05) is 5.75 Å². The van der Waals surface area contributed by atoms with Crippen LogP contribution in [0.15, 0.2) is 54.6 Å². The molecule has 0 aliphatic rings. The van der Waals surface area contributed by atoms with E-state index in [1.807, 2.05) is 42.5 Å². The Bertz CT molecular complexity index is 488. The van der Waals surface area contributed by atoms with Gasteiger partial charge < -0.3 is 0 Å². The minimum atomic E-state index is 0.0842. The van der Waals surface area contributed by atoms with Gasteiger partial charge in [-0.25, -0.2) is 0 Å². The number of carbonyl (C=O) groups excluding carboxylic acids is 1. The van der Waals surface area contributed by atoms with Gasteiger partial charge in [-0.15, -0.1) is 0 Å². The summed E-state index contributed by atoms with van der Waals surface area (Å²) in [7, 11) is 0. The molecule has 1 nitrogen and oxygen atoms in total. The lowest BCUT2D eigenvalue weighted by Gasteiger charge is -1.98. The van der Waals surface area contributed by atoms with Gasteiger partial charge in [0.05, 0.1) is 5.75 Å². The van der Waals surface area contributed by atoms with Crippen molar-refractivity contribution >= 4 is 18.4 Å². The molecule has 0 amide bonds. The number of aryl methyl sites for hydroxylation is 2. The van der Waals surface area contributed by atoms with Gasteiger partial charge in [0, 0.05) is 5.56 Å². The minimum absolute atomic E-state index is 0.0842. The fourth-order valence-corrected chi connectivity index (χ4v) is 1.73. The van der Waals surface area contributed by atoms with Crippen molar-refractivity contribution in [2.24, 2.45) is 0 Å². The summed E-state index contributed by atoms with van der Waals surface area (Å²) in [5.41, 5.74) is 3.33. The molecule has 0 fully saturated rings. The van der Waals surface area contributed by atoms with E-state index in [0.29, 0.717) is 0 Å². The molecule has 0 N–H and O–H groups in total. The molecular weight excluding hydrogens is 252 g/mol. The van der Waals surface area contributed by atoms with E-state index in [4.69, 9.17) is 0 Å². The fraction of sp³-hybridized carbons (Fsp3) is 0.235. The predicted molar refractivity (Wildman–Crippen MR) is 85.2 cm³/mol. The largest absolute Gasteiger partial charge is 0.293 e. The Morgan fingerprint density at radius 3 is 1.95 bits per heavy atom. The quantitative estimate of drug-likeness (QED) is 0.649. The van der Waals surface area contributed by atoms with Crippen molar-refractivity contribution in [1.29, 1.82) is 0 Å². The summed E-state index contributed by atoms with van der Waals surface area (Å²) in [6, 6.07) is 17.9. The molecule has 2 rings (SSSR count). The molecule has 0 saturated carbocycles. The molecule has 0 spiro atoms. The summed E-state index contributed by atoms with van der Waals surface area (Å²) in [6.07, 6.45) is 1.01. The van der Waals surface area contributed by atoms with Crippen LogP contribution in [0, 0.1) is 6.92 Å². The van der Waals surface area contributed by atoms with Gasteiger partial charge in [0.2, 0.25) is 0 Å². The molecule has 0 aliphatic carbocycles. The maximum atomic E-state index is 11.1. The first-order valence-corrected chi connectivity index (χ1v) is 7.05. The van der Waals surface area contributed by atoms with E-state index < -0.39 is 0 Å². The van der Waals surface area contributed by atoms with Crippen molar-refractivity contribution in [3.05, 3.63) is 71.3 Å². The fourth-order valence-electron chi connectivity index (χ4n) is 1.55. The molecule has 0 aromatic heterocycles. The summed E-state index contributed by atoms with van der Waals surface area (Å²) < 4.78 is 0. The molecule has 0 heterocycles. The van der Waals surface area contributed by atoms with Gasteiger partial charge in [-0.3, -0.25) is 4.79 Å². The maximum absolute atomic E-state index is 11.1. The van der Waals surface area contributed by atoms with E-state index in [9.17, 15) is 4.79 Å². The summed E-state index contributed by atoms with van der Waals surface area (Å²) in [5.74, 6) is 0.367. The standard InChI is InChI=1S/C10H12OS.C7H8/c1-2-8-3-5-9(6-4-8)10(11)7-12;1-7-5-3-2-4-6-7/h3-6,12H,2,7H2,1H3;2-6H,1H3. The molecule has 0 aliphatic heterocycles. The van der Waals surface area contributed by atoms with Crippen LogP contribution in [0.25, 0.3) is 0 Å². The Morgan fingerprint density at radius 1 is 1.00 bits per heavy atom. The maximum Gasteiger partial charge on any atom is 0.172 e. The molecule has 2 aromatic rings. The zero-order valence-corrected chi connectivity index (χ0v) is 12.4. The van der Waals surface area contributed by atoms with E-state index in [2.05, 4.69) is 38.6 Å². The second kappa shape index (κ2) is 8.54. The van der Waals surface area contributed by atoms with Gasteiger partial charge >= 0.3 is 0 Å². The molecule has 19 heavy (non-hydrogen) atoms. The SMILES string of the molecule is CCc1ccc(C(=O)CS)cc1.Cc1ccccc1. The molecule has 0 radical (unpaired) electrons. The van der Waals surface area contributed by atoms with Crippen LogP contribution in [0.1, 0.15) is 28.4 Å². The molecular formula is C17H20OS. The lowest BCUT2D eigenvalue weighted by atomic mass is 10.1. The van der Waals surface area contributed by atoms with E-state index in [1.165, 1.54) is 11.1 Å². The first-order chi connectivity index (χ1) is 9.17. The van der Waals surface area contributed by atoms with Crippen molar-refractivity contribution in [3.8, 4) is 0 Å². The summed E-state index contributed by atoms with van der Waals surface area (Å²) >= 11 is 3.93. The number of Topliss-reactive ketones (excluding diaryl/α,β-unsaturated/α-hetero) is 1. The first-order valence-electron chi connectivity index (χ1n) is 6.42. The van der Waals surface area contributed by atoms with Crippen LogP contribution >= 0.6 is 12.6 Å². The number of ketones is 1. The van der Waals surface area contributed by atoms with Crippen molar-refractivity contribution in [1.82, 2.24) is 0 Å². The number of rotatable bonds is 3. The summed E-state index contributed by atoms with van der Waals surface area (Å²) in [4.78, 5) is 11.1. The van der Waals surface area contributed by atoms with Gasteiger partial charge in [-0.05, 0) is 18.9 Å². The molecule has 100 valence electrons. The molecule has 0 atom stereocenters. The molecule has 2 heteroatoms. The lowest BCUT2D eigenvalue weighted by molar-refractivity contribution is 0.102. The van der Waals surface area contributed by atoms with Crippen LogP contribution in [0.3, 0.4) is 0 Å². The van der Waals surface area contributed by atoms with Crippen molar-refractivity contribution in [2.45, 2.75) is 20.3 Å². The smallest absolute Gasteiger partial charge is 0.172 e. The van der Waals surface area contributed by atoms with Crippen LogP contribution in [0.5, 0.6) is 0 Å². The molecule has 2 aromatic carbocycles. The Balaban J connectivity index is 0.000000218. The highest BCUT2D eigenvalue weighted by Crippen LogP contribution is 2.06. The van der Waals surface area contributed by atoms with Crippen molar-refractivity contribution in [3.63, 3.8) is 0 Å². The average Bonchev–Trinajstić information content (AvgIpc) is 2.48. The third kappa shape index (κ3) is 5.75. The Hall–Kier alpha value is -1.54. The molecule has 0 unspecified atom stereocenters. The lowest BCUT2D eigenvalue weighted by Crippen LogP contribution is -1.99. The number of carbonyl (C=O) groups is 1. The normalized spacial score (nSPS) is 9.42. The third-order valence-corrected chi connectivity index (χ3v) is 3.06. The average molecular weight is 272 g/mol. The minimum Gasteiger partial charge on any atom is -0.293 e. The van der Waals surface area contributed by atoms with Gasteiger partial charge in [-0.2, -0.15) is 12.6 Å². The van der Waals surface area contributed by atoms with Crippen LogP contribution in [0.2, 0.25) is 0 Å². The number of benzene rings is 2. The van der Waals surface area contributed by atoms with Crippen LogP contribution < -0.4 is 0 Å². The zero-order valence-electron chi connectivity index (χ0n) is 11.5. The van der Waals surface area contributed by atoms with E-state index in [1.54, 1.807) is 0 Å². The van der Waals surface area contributed by atoms with Gasteiger partial charge in [0.15, 0.2) is 5.78 Å². The summed E-state index contributed by atoms with van der Waals surface area (Å²) in [6.45, 7) is 4.18. The number of hydrogen-bond donors (Lipinski definition) is 1. The third-order valence-electron chi connectivity index (χ3n) is 2.77. The van der Waals surface area contributed by atoms with Crippen LogP contribution in [-0.2, 0) is 6.42 Å². The highest BCUT2D eigenvalue weighted by atomic mass is 32.1. The second-order valence-electron chi connectivity index (χ2n) is 4.29. The van der Waals surface area contributed by atoms with Gasteiger partial charge in [-0.1, -0.05) is 67.1 Å². The highest BCUT2D eigenvalue weighted by Gasteiger charge is 2.01. The Kier molecular flexibility index (Phi) is 6.98. The number of hydrogen-bond acceptors (Lipinski definition) is 2. The Labute approximate surface area is 121 Å². The molecule has 0 saturated heterocycles. The number of thiol groups is 1. The van der Waals surface area contributed by atoms with E-state index >= 15 is 0 Å². The van der Waals surface area contributed by atoms with Crippen molar-refractivity contribution < 1.29 is 4.79 Å². The van der Waals surface area contributed by atoms with Gasteiger partial charge in [0.25, 0.3) is 0 Å². The van der Waals surface area contributed by atoms with Gasteiger partial charge in [0.1, 0.15) is 0 Å². The first kappa shape index (κ1) is 15.5. The van der Waals surface area contributed by atoms with Crippen LogP contribution in [0.4, 0.5) is 0 Å². The summed E-state index contributed by atoms with van der Waals surface area (Å²) in [5, 5.41) is 0.